The number of pyridine rings is 1. The maximum atomic E-state index is 4.28. The van der Waals surface area contributed by atoms with Crippen LogP contribution in [-0.4, -0.2) is 18.0 Å². The van der Waals surface area contributed by atoms with Crippen LogP contribution in [0, 0.1) is 13.8 Å². The van der Waals surface area contributed by atoms with Gasteiger partial charge in [-0.1, -0.05) is 29.8 Å². The third-order valence-corrected chi connectivity index (χ3v) is 3.33. The molecule has 0 unspecified atom stereocenters. The van der Waals surface area contributed by atoms with Crippen molar-refractivity contribution in [3.63, 3.8) is 0 Å². The van der Waals surface area contributed by atoms with Gasteiger partial charge in [-0.25, -0.2) is 0 Å². The predicted molar refractivity (Wildman–Crippen MR) is 87.2 cm³/mol. The van der Waals surface area contributed by atoms with Crippen LogP contribution >= 0.6 is 0 Å². The standard InChI is InChI=1S/C17H22N4/c1-13-7-8-15(14(2)10-13)11-20-17(18-3)21-12-16-6-4-5-9-19-16/h4-10H,11-12H2,1-3H3,(H2,18,20,21). The highest BCUT2D eigenvalue weighted by Gasteiger charge is 2.02. The number of aromatic nitrogens is 1. The van der Waals surface area contributed by atoms with Gasteiger partial charge in [0, 0.05) is 19.8 Å². The molecule has 0 amide bonds. The number of nitrogens with one attached hydrogen (secondary N) is 2. The van der Waals surface area contributed by atoms with Crippen LogP contribution in [0.3, 0.4) is 0 Å². The van der Waals surface area contributed by atoms with Crippen molar-refractivity contribution in [3.8, 4) is 0 Å². The quantitative estimate of drug-likeness (QED) is 0.669. The molecule has 4 nitrogen and oxygen atoms in total. The highest BCUT2D eigenvalue weighted by Crippen LogP contribution is 2.09. The Bertz CT molecular complexity index is 605. The molecule has 0 aliphatic carbocycles. The molecule has 1 aromatic heterocycles. The lowest BCUT2D eigenvalue weighted by Gasteiger charge is -2.13. The van der Waals surface area contributed by atoms with Gasteiger partial charge in [0.2, 0.25) is 0 Å². The highest BCUT2D eigenvalue weighted by molar-refractivity contribution is 5.79. The summed E-state index contributed by atoms with van der Waals surface area (Å²) >= 11 is 0. The number of hydrogen-bond donors (Lipinski definition) is 2. The average molecular weight is 282 g/mol. The van der Waals surface area contributed by atoms with Crippen LogP contribution in [-0.2, 0) is 13.1 Å². The van der Waals surface area contributed by atoms with Gasteiger partial charge in [-0.15, -0.1) is 0 Å². The first kappa shape index (κ1) is 15.0. The van der Waals surface area contributed by atoms with Crippen LogP contribution in [0.4, 0.5) is 0 Å². The zero-order chi connectivity index (χ0) is 15.1. The van der Waals surface area contributed by atoms with Gasteiger partial charge < -0.3 is 10.6 Å². The van der Waals surface area contributed by atoms with E-state index in [1.165, 1.54) is 16.7 Å². The Morgan fingerprint density at radius 2 is 1.90 bits per heavy atom. The van der Waals surface area contributed by atoms with Gasteiger partial charge in [0.05, 0.1) is 12.2 Å². The number of hydrogen-bond acceptors (Lipinski definition) is 2. The summed E-state index contributed by atoms with van der Waals surface area (Å²) < 4.78 is 0. The van der Waals surface area contributed by atoms with E-state index in [-0.39, 0.29) is 0 Å². The number of nitrogens with zero attached hydrogens (tertiary/aromatic N) is 2. The highest BCUT2D eigenvalue weighted by atomic mass is 15.2. The van der Waals surface area contributed by atoms with E-state index in [0.717, 1.165) is 18.2 Å². The molecule has 0 spiro atoms. The molecule has 1 heterocycles. The minimum Gasteiger partial charge on any atom is -0.352 e. The van der Waals surface area contributed by atoms with Gasteiger partial charge in [0.15, 0.2) is 5.96 Å². The fourth-order valence-electron chi connectivity index (χ4n) is 2.12. The number of guanidine groups is 1. The molecule has 0 fully saturated rings. The Morgan fingerprint density at radius 3 is 2.57 bits per heavy atom. The van der Waals surface area contributed by atoms with Crippen LogP contribution in [0.1, 0.15) is 22.4 Å². The van der Waals surface area contributed by atoms with Crippen LogP contribution in [0.15, 0.2) is 47.6 Å². The molecule has 2 rings (SSSR count). The van der Waals surface area contributed by atoms with Gasteiger partial charge >= 0.3 is 0 Å². The summed E-state index contributed by atoms with van der Waals surface area (Å²) in [6, 6.07) is 12.4. The summed E-state index contributed by atoms with van der Waals surface area (Å²) in [6.45, 7) is 5.66. The van der Waals surface area contributed by atoms with Gasteiger partial charge in [-0.05, 0) is 37.1 Å². The van der Waals surface area contributed by atoms with Crippen molar-refractivity contribution >= 4 is 5.96 Å². The van der Waals surface area contributed by atoms with Crippen LogP contribution < -0.4 is 10.6 Å². The molecule has 21 heavy (non-hydrogen) atoms. The third-order valence-electron chi connectivity index (χ3n) is 3.33. The summed E-state index contributed by atoms with van der Waals surface area (Å²) in [4.78, 5) is 8.51. The Kier molecular flexibility index (Phi) is 5.32. The SMILES string of the molecule is CN=C(NCc1ccccn1)NCc1ccc(C)cc1C. The third kappa shape index (κ3) is 4.60. The molecule has 110 valence electrons. The minimum absolute atomic E-state index is 0.660. The summed E-state index contributed by atoms with van der Waals surface area (Å²) in [5.41, 5.74) is 4.85. The lowest BCUT2D eigenvalue weighted by Crippen LogP contribution is -2.36. The lowest BCUT2D eigenvalue weighted by molar-refractivity contribution is 0.792. The monoisotopic (exact) mass is 282 g/mol. The van der Waals surface area contributed by atoms with Crippen LogP contribution in [0.5, 0.6) is 0 Å². The van der Waals surface area contributed by atoms with E-state index in [9.17, 15) is 0 Å². The smallest absolute Gasteiger partial charge is 0.191 e. The molecule has 0 radical (unpaired) electrons. The van der Waals surface area contributed by atoms with Crippen LogP contribution in [0.25, 0.3) is 0 Å². The summed E-state index contributed by atoms with van der Waals surface area (Å²) in [5, 5.41) is 6.59. The molecular weight excluding hydrogens is 260 g/mol. The Labute approximate surface area is 126 Å². The molecule has 0 saturated carbocycles. The van der Waals surface area contributed by atoms with Gasteiger partial charge in [0.1, 0.15) is 0 Å². The number of benzene rings is 1. The van der Waals surface area contributed by atoms with E-state index in [1.54, 1.807) is 13.2 Å². The molecule has 2 N–H and O–H groups in total. The topological polar surface area (TPSA) is 49.3 Å². The normalized spacial score (nSPS) is 11.3. The molecule has 0 aliphatic heterocycles. The fourth-order valence-corrected chi connectivity index (χ4v) is 2.12. The summed E-state index contributed by atoms with van der Waals surface area (Å²) in [6.07, 6.45) is 1.79. The second-order valence-electron chi connectivity index (χ2n) is 5.03. The molecule has 0 aliphatic rings. The van der Waals surface area contributed by atoms with Gasteiger partial charge in [-0.2, -0.15) is 0 Å². The first-order chi connectivity index (χ1) is 10.2. The predicted octanol–water partition coefficient (Wildman–Crippen LogP) is 2.56. The number of aliphatic imine (C=N–C) groups is 1. The second kappa shape index (κ2) is 7.43. The Morgan fingerprint density at radius 1 is 1.10 bits per heavy atom. The van der Waals surface area contributed by atoms with Crippen molar-refractivity contribution in [2.24, 2.45) is 4.99 Å². The second-order valence-corrected chi connectivity index (χ2v) is 5.03. The van der Waals surface area contributed by atoms with Gasteiger partial charge in [0.25, 0.3) is 0 Å². The van der Waals surface area contributed by atoms with E-state index >= 15 is 0 Å². The minimum atomic E-state index is 0.660. The molecule has 2 aromatic rings. The zero-order valence-electron chi connectivity index (χ0n) is 12.9. The summed E-state index contributed by atoms with van der Waals surface area (Å²) in [5.74, 6) is 0.778. The van der Waals surface area contributed by atoms with Crippen LogP contribution in [0.2, 0.25) is 0 Å². The van der Waals surface area contributed by atoms with Crippen molar-refractivity contribution in [1.82, 2.24) is 15.6 Å². The van der Waals surface area contributed by atoms with E-state index in [2.05, 4.69) is 52.7 Å². The van der Waals surface area contributed by atoms with Gasteiger partial charge in [-0.3, -0.25) is 9.98 Å². The van der Waals surface area contributed by atoms with E-state index < -0.39 is 0 Å². The van der Waals surface area contributed by atoms with Crippen molar-refractivity contribution in [2.45, 2.75) is 26.9 Å². The molecule has 4 heteroatoms. The molecular formula is C17H22N4. The Balaban J connectivity index is 1.88. The maximum absolute atomic E-state index is 4.28. The zero-order valence-corrected chi connectivity index (χ0v) is 12.9. The van der Waals surface area contributed by atoms with E-state index in [4.69, 9.17) is 0 Å². The number of rotatable bonds is 4. The first-order valence-corrected chi connectivity index (χ1v) is 7.09. The maximum Gasteiger partial charge on any atom is 0.191 e. The first-order valence-electron chi connectivity index (χ1n) is 7.09. The molecule has 0 bridgehead atoms. The summed E-state index contributed by atoms with van der Waals surface area (Å²) in [7, 11) is 1.77. The van der Waals surface area contributed by atoms with Crippen molar-refractivity contribution in [2.75, 3.05) is 7.05 Å². The van der Waals surface area contributed by atoms with E-state index in [1.807, 2.05) is 18.2 Å². The fraction of sp³-hybridized carbons (Fsp3) is 0.294. The van der Waals surface area contributed by atoms with Crippen molar-refractivity contribution < 1.29 is 0 Å². The molecule has 1 aromatic carbocycles. The van der Waals surface area contributed by atoms with Crippen molar-refractivity contribution in [1.29, 1.82) is 0 Å². The van der Waals surface area contributed by atoms with Crippen molar-refractivity contribution in [3.05, 3.63) is 65.0 Å². The Hall–Kier alpha value is -2.36. The molecule has 0 saturated heterocycles. The largest absolute Gasteiger partial charge is 0.352 e. The van der Waals surface area contributed by atoms with E-state index in [0.29, 0.717) is 6.54 Å². The average Bonchev–Trinajstić information content (AvgIpc) is 2.50. The lowest BCUT2D eigenvalue weighted by atomic mass is 10.1. The molecule has 0 atom stereocenters. The number of aryl methyl sites for hydroxylation is 2.